The Morgan fingerprint density at radius 3 is 2.65 bits per heavy atom. The predicted octanol–water partition coefficient (Wildman–Crippen LogP) is 4.38. The van der Waals surface area contributed by atoms with Crippen molar-refractivity contribution in [3.63, 3.8) is 0 Å². The number of hydrogen-bond acceptors (Lipinski definition) is 3. The van der Waals surface area contributed by atoms with Crippen molar-refractivity contribution in [3.8, 4) is 5.88 Å². The van der Waals surface area contributed by atoms with Crippen molar-refractivity contribution in [2.75, 3.05) is 11.9 Å². The van der Waals surface area contributed by atoms with Crippen LogP contribution in [0.3, 0.4) is 0 Å². The molecule has 3 rings (SSSR count). The van der Waals surface area contributed by atoms with Crippen molar-refractivity contribution in [2.24, 2.45) is 0 Å². The molecule has 3 nitrogen and oxygen atoms in total. The van der Waals surface area contributed by atoms with Gasteiger partial charge in [0, 0.05) is 23.0 Å². The number of para-hydroxylation sites is 1. The second kappa shape index (κ2) is 5.61. The average Bonchev–Trinajstić information content (AvgIpc) is 2.49. The number of rotatable bonds is 4. The fraction of sp³-hybridized carbons (Fsp3) is 0.118. The van der Waals surface area contributed by atoms with Crippen molar-refractivity contribution in [1.82, 2.24) is 4.98 Å². The van der Waals surface area contributed by atoms with Gasteiger partial charge in [0.25, 0.3) is 0 Å². The van der Waals surface area contributed by atoms with Gasteiger partial charge in [-0.2, -0.15) is 0 Å². The molecule has 20 heavy (non-hydrogen) atoms. The van der Waals surface area contributed by atoms with Gasteiger partial charge in [-0.1, -0.05) is 24.3 Å². The van der Waals surface area contributed by atoms with Crippen molar-refractivity contribution in [1.29, 1.82) is 0 Å². The van der Waals surface area contributed by atoms with Crippen LogP contribution in [0.2, 0.25) is 0 Å². The van der Waals surface area contributed by atoms with E-state index in [1.807, 2.05) is 43.3 Å². The van der Waals surface area contributed by atoms with Crippen LogP contribution >= 0.6 is 0 Å². The summed E-state index contributed by atoms with van der Waals surface area (Å²) in [5.74, 6) is 0.682. The predicted molar refractivity (Wildman–Crippen MR) is 82.6 cm³/mol. The van der Waals surface area contributed by atoms with E-state index in [0.717, 1.165) is 22.1 Å². The third kappa shape index (κ3) is 2.57. The highest BCUT2D eigenvalue weighted by molar-refractivity contribution is 5.90. The van der Waals surface area contributed by atoms with E-state index in [1.165, 1.54) is 0 Å². The van der Waals surface area contributed by atoms with Gasteiger partial charge < -0.3 is 10.1 Å². The minimum absolute atomic E-state index is 0.614. The smallest absolute Gasteiger partial charge is 0.221 e. The maximum atomic E-state index is 5.59. The number of pyridine rings is 1. The molecule has 0 unspecified atom stereocenters. The highest BCUT2D eigenvalue weighted by Crippen LogP contribution is 2.27. The first-order valence-electron chi connectivity index (χ1n) is 6.70. The summed E-state index contributed by atoms with van der Waals surface area (Å²) in [5, 5.41) is 5.53. The average molecular weight is 264 g/mol. The molecule has 0 aliphatic rings. The molecule has 2 aromatic carbocycles. The van der Waals surface area contributed by atoms with E-state index in [0.29, 0.717) is 12.5 Å². The molecule has 3 heteroatoms. The van der Waals surface area contributed by atoms with Crippen LogP contribution in [0.5, 0.6) is 5.88 Å². The van der Waals surface area contributed by atoms with Gasteiger partial charge >= 0.3 is 0 Å². The first-order valence-corrected chi connectivity index (χ1v) is 6.70. The Hall–Kier alpha value is -2.55. The maximum absolute atomic E-state index is 5.59. The Kier molecular flexibility index (Phi) is 3.50. The Bertz CT molecular complexity index is 711. The van der Waals surface area contributed by atoms with Crippen LogP contribution in [0, 0.1) is 0 Å². The molecular weight excluding hydrogens is 248 g/mol. The van der Waals surface area contributed by atoms with Gasteiger partial charge in [-0.3, -0.25) is 0 Å². The van der Waals surface area contributed by atoms with Gasteiger partial charge in [-0.15, -0.1) is 0 Å². The molecule has 0 saturated heterocycles. The van der Waals surface area contributed by atoms with Gasteiger partial charge in [-0.25, -0.2) is 4.98 Å². The van der Waals surface area contributed by atoms with Crippen LogP contribution in [-0.2, 0) is 0 Å². The first kappa shape index (κ1) is 12.5. The second-order valence-corrected chi connectivity index (χ2v) is 4.48. The number of aromatic nitrogens is 1. The molecule has 1 aromatic heterocycles. The van der Waals surface area contributed by atoms with E-state index >= 15 is 0 Å². The fourth-order valence-corrected chi connectivity index (χ4v) is 2.16. The third-order valence-corrected chi connectivity index (χ3v) is 3.07. The van der Waals surface area contributed by atoms with Crippen LogP contribution in [-0.4, -0.2) is 11.6 Å². The van der Waals surface area contributed by atoms with Gasteiger partial charge in [0.05, 0.1) is 6.61 Å². The lowest BCUT2D eigenvalue weighted by Gasteiger charge is -2.10. The molecular formula is C17H16N2O. The van der Waals surface area contributed by atoms with E-state index in [-0.39, 0.29) is 0 Å². The summed E-state index contributed by atoms with van der Waals surface area (Å²) in [4.78, 5) is 4.29. The molecule has 100 valence electrons. The van der Waals surface area contributed by atoms with Crippen LogP contribution in [0.4, 0.5) is 11.4 Å². The summed E-state index contributed by atoms with van der Waals surface area (Å²) >= 11 is 0. The Morgan fingerprint density at radius 1 is 1.00 bits per heavy atom. The number of nitrogens with one attached hydrogen (secondary N) is 1. The molecule has 3 aromatic rings. The molecule has 0 radical (unpaired) electrons. The van der Waals surface area contributed by atoms with Crippen molar-refractivity contribution in [2.45, 2.75) is 6.92 Å². The highest BCUT2D eigenvalue weighted by Gasteiger charge is 2.04. The van der Waals surface area contributed by atoms with Gasteiger partial charge in [0.1, 0.15) is 0 Å². The maximum Gasteiger partial charge on any atom is 0.221 e. The summed E-state index contributed by atoms with van der Waals surface area (Å²) in [7, 11) is 0. The molecule has 1 heterocycles. The highest BCUT2D eigenvalue weighted by atomic mass is 16.5. The van der Waals surface area contributed by atoms with Gasteiger partial charge in [0.15, 0.2) is 0 Å². The van der Waals surface area contributed by atoms with Crippen LogP contribution in [0.25, 0.3) is 10.8 Å². The summed E-state index contributed by atoms with van der Waals surface area (Å²) < 4.78 is 5.59. The molecule has 0 aliphatic carbocycles. The van der Waals surface area contributed by atoms with Crippen molar-refractivity contribution < 1.29 is 4.74 Å². The molecule has 0 aliphatic heterocycles. The minimum Gasteiger partial charge on any atom is -0.478 e. The summed E-state index contributed by atoms with van der Waals surface area (Å²) in [6.07, 6.45) is 1.78. The largest absolute Gasteiger partial charge is 0.478 e. The van der Waals surface area contributed by atoms with E-state index in [4.69, 9.17) is 4.74 Å². The molecule has 0 saturated carbocycles. The van der Waals surface area contributed by atoms with Crippen LogP contribution in [0.1, 0.15) is 6.92 Å². The number of ether oxygens (including phenoxy) is 1. The molecule has 1 N–H and O–H groups in total. The zero-order valence-electron chi connectivity index (χ0n) is 11.3. The molecule has 0 bridgehead atoms. The zero-order chi connectivity index (χ0) is 13.8. The minimum atomic E-state index is 0.614. The first-order chi connectivity index (χ1) is 9.86. The van der Waals surface area contributed by atoms with Crippen molar-refractivity contribution >= 4 is 22.1 Å². The van der Waals surface area contributed by atoms with Gasteiger partial charge in [0.2, 0.25) is 5.88 Å². The lowest BCUT2D eigenvalue weighted by atomic mass is 10.1. The standard InChI is InChI=1S/C17H16N2O/c1-2-20-17-16-12-15(9-8-13(16)10-11-18-17)19-14-6-4-3-5-7-14/h3-12,19H,2H2,1H3. The van der Waals surface area contributed by atoms with Crippen LogP contribution in [0.15, 0.2) is 60.8 Å². The normalized spacial score (nSPS) is 10.4. The van der Waals surface area contributed by atoms with E-state index in [2.05, 4.69) is 28.5 Å². The molecule has 0 spiro atoms. The van der Waals surface area contributed by atoms with E-state index in [9.17, 15) is 0 Å². The molecule has 0 atom stereocenters. The van der Waals surface area contributed by atoms with Gasteiger partial charge in [-0.05, 0) is 42.6 Å². The quantitative estimate of drug-likeness (QED) is 0.759. The number of anilines is 2. The summed E-state index contributed by atoms with van der Waals surface area (Å²) in [5.41, 5.74) is 2.09. The lowest BCUT2D eigenvalue weighted by Crippen LogP contribution is -1.96. The number of nitrogens with zero attached hydrogens (tertiary/aromatic N) is 1. The Morgan fingerprint density at radius 2 is 1.85 bits per heavy atom. The van der Waals surface area contributed by atoms with E-state index in [1.54, 1.807) is 6.20 Å². The van der Waals surface area contributed by atoms with Crippen LogP contribution < -0.4 is 10.1 Å². The Balaban J connectivity index is 1.99. The third-order valence-electron chi connectivity index (χ3n) is 3.07. The number of hydrogen-bond donors (Lipinski definition) is 1. The Labute approximate surface area is 118 Å². The van der Waals surface area contributed by atoms with E-state index < -0.39 is 0 Å². The fourth-order valence-electron chi connectivity index (χ4n) is 2.16. The lowest BCUT2D eigenvalue weighted by molar-refractivity contribution is 0.331. The SMILES string of the molecule is CCOc1nccc2ccc(Nc3ccccc3)cc12. The summed E-state index contributed by atoms with van der Waals surface area (Å²) in [6, 6.07) is 18.3. The van der Waals surface area contributed by atoms with Crippen molar-refractivity contribution in [3.05, 3.63) is 60.8 Å². The second-order valence-electron chi connectivity index (χ2n) is 4.48. The molecule has 0 fully saturated rings. The number of benzene rings is 2. The monoisotopic (exact) mass is 264 g/mol. The molecule has 0 amide bonds. The topological polar surface area (TPSA) is 34.1 Å². The number of fused-ring (bicyclic) bond motifs is 1. The zero-order valence-corrected chi connectivity index (χ0v) is 11.3. The summed E-state index contributed by atoms with van der Waals surface area (Å²) in [6.45, 7) is 2.58.